The maximum Gasteiger partial charge on any atom is 0.261 e. The summed E-state index contributed by atoms with van der Waals surface area (Å²) in [6, 6.07) is 18.4. The van der Waals surface area contributed by atoms with E-state index in [1.807, 2.05) is 19.1 Å². The maximum absolute atomic E-state index is 12.5. The molecule has 3 aromatic rings. The summed E-state index contributed by atoms with van der Waals surface area (Å²) in [6.45, 7) is 1.93. The number of carbonyl (C=O) groups excluding carboxylic acids is 1. The predicted molar refractivity (Wildman–Crippen MR) is 122 cm³/mol. The molecule has 0 aliphatic heterocycles. The third kappa shape index (κ3) is 5.98. The van der Waals surface area contributed by atoms with Crippen LogP contribution in [0.4, 0.5) is 11.4 Å². The van der Waals surface area contributed by atoms with E-state index in [-0.39, 0.29) is 17.2 Å². The van der Waals surface area contributed by atoms with E-state index in [4.69, 9.17) is 23.2 Å². The summed E-state index contributed by atoms with van der Waals surface area (Å²) in [7, 11) is -3.68. The highest BCUT2D eigenvalue weighted by molar-refractivity contribution is 7.92. The van der Waals surface area contributed by atoms with Crippen LogP contribution in [0.2, 0.25) is 10.0 Å². The number of hydrogen-bond donors (Lipinski definition) is 2. The first-order valence-electron chi connectivity index (χ1n) is 9.16. The molecule has 0 spiro atoms. The molecule has 30 heavy (non-hydrogen) atoms. The van der Waals surface area contributed by atoms with Crippen LogP contribution in [0.15, 0.2) is 71.6 Å². The molecule has 5 nitrogen and oxygen atoms in total. The largest absolute Gasteiger partial charge is 0.325 e. The smallest absolute Gasteiger partial charge is 0.261 e. The molecule has 156 valence electrons. The lowest BCUT2D eigenvalue weighted by Crippen LogP contribution is -2.13. The molecule has 0 aliphatic rings. The van der Waals surface area contributed by atoms with Crippen molar-refractivity contribution in [2.24, 2.45) is 0 Å². The lowest BCUT2D eigenvalue weighted by Gasteiger charge is -2.10. The molecule has 0 aromatic heterocycles. The quantitative estimate of drug-likeness (QED) is 0.474. The molecule has 0 unspecified atom stereocenters. The second-order valence-corrected chi connectivity index (χ2v) is 9.31. The van der Waals surface area contributed by atoms with E-state index in [0.717, 1.165) is 11.1 Å². The Bertz CT molecular complexity index is 1150. The van der Waals surface area contributed by atoms with Crippen molar-refractivity contribution < 1.29 is 13.2 Å². The summed E-state index contributed by atoms with van der Waals surface area (Å²) in [6.07, 6.45) is 0.690. The van der Waals surface area contributed by atoms with Crippen molar-refractivity contribution in [1.82, 2.24) is 0 Å². The van der Waals surface area contributed by atoms with Gasteiger partial charge < -0.3 is 5.32 Å². The molecule has 0 fully saturated rings. The van der Waals surface area contributed by atoms with Crippen LogP contribution in [0, 0.1) is 6.92 Å². The van der Waals surface area contributed by atoms with Gasteiger partial charge in [-0.05, 0) is 61.4 Å². The summed E-state index contributed by atoms with van der Waals surface area (Å²) < 4.78 is 27.6. The number of halogens is 2. The van der Waals surface area contributed by atoms with E-state index in [9.17, 15) is 13.2 Å². The van der Waals surface area contributed by atoms with Crippen LogP contribution in [0.3, 0.4) is 0 Å². The van der Waals surface area contributed by atoms with Gasteiger partial charge in [0.1, 0.15) is 0 Å². The zero-order valence-electron chi connectivity index (χ0n) is 16.2. The molecule has 2 N–H and O–H groups in total. The Hall–Kier alpha value is -2.54. The topological polar surface area (TPSA) is 75.3 Å². The lowest BCUT2D eigenvalue weighted by molar-refractivity contribution is -0.116. The van der Waals surface area contributed by atoms with Gasteiger partial charge >= 0.3 is 0 Å². The predicted octanol–water partition coefficient (Wildman–Crippen LogP) is 5.67. The van der Waals surface area contributed by atoms with Crippen molar-refractivity contribution in [3.05, 3.63) is 87.9 Å². The van der Waals surface area contributed by atoms with Crippen LogP contribution in [-0.4, -0.2) is 14.3 Å². The van der Waals surface area contributed by atoms with Gasteiger partial charge in [0.2, 0.25) is 5.91 Å². The molecule has 0 saturated carbocycles. The Morgan fingerprint density at radius 1 is 0.933 bits per heavy atom. The fourth-order valence-corrected chi connectivity index (χ4v) is 4.25. The maximum atomic E-state index is 12.5. The number of hydrogen-bond acceptors (Lipinski definition) is 3. The average Bonchev–Trinajstić information content (AvgIpc) is 2.70. The number of amides is 1. The van der Waals surface area contributed by atoms with Crippen LogP contribution in [0.5, 0.6) is 0 Å². The van der Waals surface area contributed by atoms with Crippen molar-refractivity contribution in [3.63, 3.8) is 0 Å². The van der Waals surface area contributed by atoms with Crippen LogP contribution < -0.4 is 10.0 Å². The van der Waals surface area contributed by atoms with Gasteiger partial charge in [-0.25, -0.2) is 8.42 Å². The Morgan fingerprint density at radius 3 is 2.23 bits per heavy atom. The summed E-state index contributed by atoms with van der Waals surface area (Å²) in [5.74, 6) is -0.197. The number of rotatable bonds is 7. The highest BCUT2D eigenvalue weighted by atomic mass is 35.5. The van der Waals surface area contributed by atoms with Gasteiger partial charge in [-0.15, -0.1) is 0 Å². The molecule has 0 aliphatic carbocycles. The van der Waals surface area contributed by atoms with Crippen molar-refractivity contribution in [2.45, 2.75) is 24.7 Å². The van der Waals surface area contributed by atoms with E-state index in [2.05, 4.69) is 10.0 Å². The zero-order valence-corrected chi connectivity index (χ0v) is 18.5. The first-order chi connectivity index (χ1) is 14.2. The Labute approximate surface area is 186 Å². The third-order valence-electron chi connectivity index (χ3n) is 4.38. The second-order valence-electron chi connectivity index (χ2n) is 6.79. The molecule has 1 amide bonds. The number of aryl methyl sites for hydroxylation is 2. The van der Waals surface area contributed by atoms with Crippen LogP contribution in [-0.2, 0) is 21.2 Å². The van der Waals surface area contributed by atoms with Crippen LogP contribution >= 0.6 is 23.2 Å². The van der Waals surface area contributed by atoms with Crippen LogP contribution in [0.1, 0.15) is 17.5 Å². The van der Waals surface area contributed by atoms with Gasteiger partial charge in [-0.2, -0.15) is 0 Å². The molecule has 8 heteroatoms. The number of sulfonamides is 1. The van der Waals surface area contributed by atoms with E-state index >= 15 is 0 Å². The number of carbonyl (C=O) groups is 1. The molecule has 3 aromatic carbocycles. The molecule has 0 heterocycles. The van der Waals surface area contributed by atoms with Gasteiger partial charge in [0.05, 0.1) is 15.6 Å². The minimum absolute atomic E-state index is 0.157. The van der Waals surface area contributed by atoms with Gasteiger partial charge in [0, 0.05) is 17.1 Å². The van der Waals surface area contributed by atoms with Crippen molar-refractivity contribution in [2.75, 3.05) is 10.0 Å². The van der Waals surface area contributed by atoms with Crippen molar-refractivity contribution in [3.8, 4) is 0 Å². The van der Waals surface area contributed by atoms with Crippen LogP contribution in [0.25, 0.3) is 0 Å². The number of nitrogens with one attached hydrogen (secondary N) is 2. The average molecular weight is 463 g/mol. The van der Waals surface area contributed by atoms with Gasteiger partial charge in [0.15, 0.2) is 0 Å². The third-order valence-corrected chi connectivity index (χ3v) is 6.33. The molecular weight excluding hydrogens is 443 g/mol. The normalized spacial score (nSPS) is 11.2. The summed E-state index contributed by atoms with van der Waals surface area (Å²) in [5, 5.41) is 3.60. The van der Waals surface area contributed by atoms with E-state index < -0.39 is 10.0 Å². The monoisotopic (exact) mass is 462 g/mol. The first kappa shape index (κ1) is 22.2. The Morgan fingerprint density at radius 2 is 1.60 bits per heavy atom. The zero-order chi connectivity index (χ0) is 21.7. The summed E-state index contributed by atoms with van der Waals surface area (Å²) >= 11 is 11.9. The Balaban J connectivity index is 1.58. The first-order valence-corrected chi connectivity index (χ1v) is 11.4. The second kappa shape index (κ2) is 9.51. The van der Waals surface area contributed by atoms with Crippen molar-refractivity contribution in [1.29, 1.82) is 0 Å². The van der Waals surface area contributed by atoms with Crippen molar-refractivity contribution >= 4 is 50.5 Å². The molecule has 0 atom stereocenters. The molecule has 0 bridgehead atoms. The minimum atomic E-state index is -3.68. The van der Waals surface area contributed by atoms with Gasteiger partial charge in [-0.3, -0.25) is 9.52 Å². The molecule has 3 rings (SSSR count). The molecule has 0 saturated heterocycles. The molecular formula is C22H20Cl2N2O3S. The Kier molecular flexibility index (Phi) is 7.02. The fraction of sp³-hybridized carbons (Fsp3) is 0.136. The van der Waals surface area contributed by atoms with E-state index in [1.165, 1.54) is 12.1 Å². The fourth-order valence-electron chi connectivity index (χ4n) is 2.73. The van der Waals surface area contributed by atoms with E-state index in [1.54, 1.807) is 42.5 Å². The van der Waals surface area contributed by atoms with E-state index in [0.29, 0.717) is 27.8 Å². The van der Waals surface area contributed by atoms with Gasteiger partial charge in [0.25, 0.3) is 10.0 Å². The number of benzene rings is 3. The lowest BCUT2D eigenvalue weighted by atomic mass is 10.1. The highest BCUT2D eigenvalue weighted by Gasteiger charge is 2.14. The van der Waals surface area contributed by atoms with Gasteiger partial charge in [-0.1, -0.05) is 53.0 Å². The molecule has 0 radical (unpaired) electrons. The SMILES string of the molecule is Cc1ccc(NS(=O)(=O)c2ccc(CCC(=O)Nc3ccc(Cl)cc3Cl)cc2)cc1. The highest BCUT2D eigenvalue weighted by Crippen LogP contribution is 2.25. The minimum Gasteiger partial charge on any atom is -0.325 e. The standard InChI is InChI=1S/C22H20Cl2N2O3S/c1-15-2-8-18(9-3-15)26-30(28,29)19-10-4-16(5-11-19)6-13-22(27)25-21-12-7-17(23)14-20(21)24/h2-5,7-12,14,26H,6,13H2,1H3,(H,25,27). The number of anilines is 2. The summed E-state index contributed by atoms with van der Waals surface area (Å²) in [4.78, 5) is 12.3. The summed E-state index contributed by atoms with van der Waals surface area (Å²) in [5.41, 5.74) is 2.89.